The summed E-state index contributed by atoms with van der Waals surface area (Å²) in [6.07, 6.45) is 6.19. The summed E-state index contributed by atoms with van der Waals surface area (Å²) >= 11 is 1.56. The van der Waals surface area contributed by atoms with Crippen molar-refractivity contribution in [3.63, 3.8) is 0 Å². The van der Waals surface area contributed by atoms with Gasteiger partial charge in [0.15, 0.2) is 5.13 Å². The van der Waals surface area contributed by atoms with E-state index in [9.17, 15) is 9.90 Å². The van der Waals surface area contributed by atoms with Gasteiger partial charge in [-0.15, -0.1) is 11.3 Å². The first-order valence-corrected chi connectivity index (χ1v) is 7.39. The van der Waals surface area contributed by atoms with Gasteiger partial charge in [-0.05, 0) is 19.3 Å². The Morgan fingerprint density at radius 3 is 3.20 bits per heavy atom. The lowest BCUT2D eigenvalue weighted by Gasteiger charge is -2.16. The second-order valence-corrected chi connectivity index (χ2v) is 6.00. The number of fused-ring (bicyclic) bond motifs is 1. The van der Waals surface area contributed by atoms with Crippen LogP contribution in [-0.2, 0) is 24.8 Å². The number of aryl methyl sites for hydroxylation is 2. The van der Waals surface area contributed by atoms with Gasteiger partial charge in [-0.2, -0.15) is 0 Å². The van der Waals surface area contributed by atoms with Crippen molar-refractivity contribution in [2.45, 2.75) is 31.7 Å². The Labute approximate surface area is 120 Å². The van der Waals surface area contributed by atoms with Crippen LogP contribution in [0.25, 0.3) is 0 Å². The number of carboxylic acids is 1. The fraction of sp³-hybridized carbons (Fsp3) is 0.462. The first-order chi connectivity index (χ1) is 9.65. The van der Waals surface area contributed by atoms with Gasteiger partial charge >= 0.3 is 5.97 Å². The molecule has 2 N–H and O–H groups in total. The molecule has 6 nitrogen and oxygen atoms in total. The molecule has 3 rings (SSSR count). The summed E-state index contributed by atoms with van der Waals surface area (Å²) < 4.78 is 1.95. The lowest BCUT2D eigenvalue weighted by Crippen LogP contribution is -2.17. The van der Waals surface area contributed by atoms with Gasteiger partial charge in [0, 0.05) is 24.3 Å². The second-order valence-electron chi connectivity index (χ2n) is 4.92. The third kappa shape index (κ3) is 2.40. The van der Waals surface area contributed by atoms with E-state index in [1.54, 1.807) is 17.5 Å². The molecule has 1 unspecified atom stereocenters. The van der Waals surface area contributed by atoms with Gasteiger partial charge in [0.05, 0.1) is 12.2 Å². The molecule has 7 heteroatoms. The molecular weight excluding hydrogens is 276 g/mol. The van der Waals surface area contributed by atoms with Gasteiger partial charge in [0.25, 0.3) is 0 Å². The van der Waals surface area contributed by atoms with E-state index in [1.807, 2.05) is 17.8 Å². The molecule has 0 aromatic carbocycles. The summed E-state index contributed by atoms with van der Waals surface area (Å²) in [4.78, 5) is 21.1. The van der Waals surface area contributed by atoms with Crippen molar-refractivity contribution in [2.24, 2.45) is 7.05 Å². The molecule has 1 aliphatic rings. The molecule has 1 atom stereocenters. The number of carbonyl (C=O) groups is 1. The Morgan fingerprint density at radius 1 is 1.65 bits per heavy atom. The number of hydrogen-bond donors (Lipinski definition) is 2. The highest BCUT2D eigenvalue weighted by atomic mass is 32.1. The molecule has 0 amide bonds. The number of nitrogens with zero attached hydrogens (tertiary/aromatic N) is 3. The average Bonchev–Trinajstić information content (AvgIpc) is 3.01. The Kier molecular flexibility index (Phi) is 3.43. The highest BCUT2D eigenvalue weighted by Gasteiger charge is 2.29. The summed E-state index contributed by atoms with van der Waals surface area (Å²) in [5, 5.41) is 13.3. The summed E-state index contributed by atoms with van der Waals surface area (Å²) in [5.74, 6) is -0.293. The normalized spacial score (nSPS) is 17.8. The van der Waals surface area contributed by atoms with E-state index in [4.69, 9.17) is 0 Å². The van der Waals surface area contributed by atoms with E-state index in [-0.39, 0.29) is 0 Å². The zero-order valence-corrected chi connectivity index (χ0v) is 12.0. The Hall–Kier alpha value is -1.89. The SMILES string of the molecule is Cn1ccnc1CNc1nc2c(s1)CCCC2C(=O)O. The molecule has 2 aromatic rings. The standard InChI is InChI=1S/C13H16N4O2S/c1-17-6-5-14-10(17)7-15-13-16-11-8(12(18)19)3-2-4-9(11)20-13/h5-6,8H,2-4,7H2,1H3,(H,15,16)(H,18,19). The van der Waals surface area contributed by atoms with E-state index in [0.717, 1.165) is 34.4 Å². The lowest BCUT2D eigenvalue weighted by molar-refractivity contribution is -0.139. The highest BCUT2D eigenvalue weighted by Crippen LogP contribution is 2.36. The minimum atomic E-state index is -0.771. The van der Waals surface area contributed by atoms with Crippen LogP contribution in [0.5, 0.6) is 0 Å². The van der Waals surface area contributed by atoms with Crippen LogP contribution in [0.1, 0.15) is 35.2 Å². The van der Waals surface area contributed by atoms with Crippen LogP contribution >= 0.6 is 11.3 Å². The van der Waals surface area contributed by atoms with Gasteiger partial charge in [-0.25, -0.2) is 9.97 Å². The van der Waals surface area contributed by atoms with E-state index in [2.05, 4.69) is 15.3 Å². The number of aliphatic carboxylic acids is 1. The fourth-order valence-electron chi connectivity index (χ4n) is 2.46. The van der Waals surface area contributed by atoms with E-state index >= 15 is 0 Å². The van der Waals surface area contributed by atoms with Gasteiger partial charge in [-0.3, -0.25) is 4.79 Å². The quantitative estimate of drug-likeness (QED) is 0.901. The predicted octanol–water partition coefficient (Wildman–Crippen LogP) is 1.99. The molecule has 106 valence electrons. The van der Waals surface area contributed by atoms with Crippen molar-refractivity contribution in [2.75, 3.05) is 5.32 Å². The minimum absolute atomic E-state index is 0.446. The van der Waals surface area contributed by atoms with Crippen LogP contribution in [0.3, 0.4) is 0 Å². The zero-order chi connectivity index (χ0) is 14.1. The van der Waals surface area contributed by atoms with Gasteiger partial charge in [0.1, 0.15) is 11.7 Å². The third-order valence-corrected chi connectivity index (χ3v) is 4.66. The Bertz CT molecular complexity index is 634. The first-order valence-electron chi connectivity index (χ1n) is 6.57. The van der Waals surface area contributed by atoms with Crippen LogP contribution in [0.15, 0.2) is 12.4 Å². The molecule has 0 fully saturated rings. The molecular formula is C13H16N4O2S. The van der Waals surface area contributed by atoms with Crippen molar-refractivity contribution in [3.05, 3.63) is 28.8 Å². The molecule has 2 heterocycles. The van der Waals surface area contributed by atoms with E-state index in [1.165, 1.54) is 0 Å². The van der Waals surface area contributed by atoms with Crippen LogP contribution < -0.4 is 5.32 Å². The summed E-state index contributed by atoms with van der Waals surface area (Å²) in [6, 6.07) is 0. The van der Waals surface area contributed by atoms with Crippen molar-refractivity contribution in [1.29, 1.82) is 0 Å². The maximum Gasteiger partial charge on any atom is 0.312 e. The minimum Gasteiger partial charge on any atom is -0.481 e. The number of thiazole rings is 1. The smallest absolute Gasteiger partial charge is 0.312 e. The Balaban J connectivity index is 1.76. The molecule has 0 aliphatic heterocycles. The van der Waals surface area contributed by atoms with Crippen LogP contribution in [0.4, 0.5) is 5.13 Å². The molecule has 2 aromatic heterocycles. The van der Waals surface area contributed by atoms with Gasteiger partial charge < -0.3 is 15.0 Å². The molecule has 0 bridgehead atoms. The van der Waals surface area contributed by atoms with Gasteiger partial charge in [0.2, 0.25) is 0 Å². The number of carboxylic acid groups (broad SMARTS) is 1. The number of nitrogens with one attached hydrogen (secondary N) is 1. The number of rotatable bonds is 4. The van der Waals surface area contributed by atoms with E-state index in [0.29, 0.717) is 13.0 Å². The summed E-state index contributed by atoms with van der Waals surface area (Å²) in [6.45, 7) is 0.591. The van der Waals surface area contributed by atoms with Crippen molar-refractivity contribution >= 4 is 22.4 Å². The molecule has 0 saturated heterocycles. The zero-order valence-electron chi connectivity index (χ0n) is 11.2. The average molecular weight is 292 g/mol. The highest BCUT2D eigenvalue weighted by molar-refractivity contribution is 7.15. The number of hydrogen-bond acceptors (Lipinski definition) is 5. The van der Waals surface area contributed by atoms with Crippen LogP contribution in [-0.4, -0.2) is 25.6 Å². The van der Waals surface area contributed by atoms with Crippen LogP contribution in [0.2, 0.25) is 0 Å². The molecule has 0 radical (unpaired) electrons. The third-order valence-electron chi connectivity index (χ3n) is 3.57. The maximum absolute atomic E-state index is 11.2. The molecule has 1 aliphatic carbocycles. The Morgan fingerprint density at radius 2 is 2.50 bits per heavy atom. The summed E-state index contributed by atoms with van der Waals surface area (Å²) in [5.41, 5.74) is 0.746. The van der Waals surface area contributed by atoms with E-state index < -0.39 is 11.9 Å². The number of anilines is 1. The van der Waals surface area contributed by atoms with Crippen molar-refractivity contribution in [3.8, 4) is 0 Å². The first kappa shape index (κ1) is 13.1. The van der Waals surface area contributed by atoms with Gasteiger partial charge in [-0.1, -0.05) is 0 Å². The fourth-order valence-corrected chi connectivity index (χ4v) is 3.52. The summed E-state index contributed by atoms with van der Waals surface area (Å²) in [7, 11) is 1.94. The maximum atomic E-state index is 11.2. The van der Waals surface area contributed by atoms with Crippen molar-refractivity contribution < 1.29 is 9.90 Å². The molecule has 20 heavy (non-hydrogen) atoms. The number of aromatic nitrogens is 3. The topological polar surface area (TPSA) is 80.0 Å². The molecule has 0 spiro atoms. The van der Waals surface area contributed by atoms with Crippen LogP contribution in [0, 0.1) is 0 Å². The molecule has 0 saturated carbocycles. The largest absolute Gasteiger partial charge is 0.481 e. The number of imidazole rings is 1. The van der Waals surface area contributed by atoms with Crippen molar-refractivity contribution in [1.82, 2.24) is 14.5 Å². The second kappa shape index (κ2) is 5.24. The lowest BCUT2D eigenvalue weighted by atomic mass is 9.91. The predicted molar refractivity (Wildman–Crippen MR) is 76.0 cm³/mol. The monoisotopic (exact) mass is 292 g/mol.